The first-order valence-electron chi connectivity index (χ1n) is 9.18. The Balaban J connectivity index is 1.43. The number of aryl methyl sites for hydroxylation is 1. The normalized spacial score (nSPS) is 11.8. The van der Waals surface area contributed by atoms with E-state index in [0.29, 0.717) is 11.4 Å². The molecule has 1 N–H and O–H groups in total. The van der Waals surface area contributed by atoms with Gasteiger partial charge in [-0.2, -0.15) is 5.10 Å². The van der Waals surface area contributed by atoms with Crippen molar-refractivity contribution in [1.82, 2.24) is 14.5 Å². The minimum atomic E-state index is -3.39. The molecular weight excluding hydrogens is 358 g/mol. The van der Waals surface area contributed by atoms with Gasteiger partial charge in [0.1, 0.15) is 0 Å². The van der Waals surface area contributed by atoms with Gasteiger partial charge in [0.2, 0.25) is 10.0 Å². The molecule has 0 aliphatic rings. The van der Waals surface area contributed by atoms with Crippen LogP contribution in [0.1, 0.15) is 25.0 Å². The molecule has 142 valence electrons. The zero-order chi connectivity index (χ0) is 19.1. The lowest BCUT2D eigenvalue weighted by atomic mass is 10.1. The maximum Gasteiger partial charge on any atom is 0.242 e. The topological polar surface area (TPSA) is 66.1 Å². The molecule has 1 aromatic heterocycles. The summed E-state index contributed by atoms with van der Waals surface area (Å²) >= 11 is 0. The SMILES string of the molecule is CN(CCCCCc1cc(-c2ccccc2)n[nH]1)S(=O)(=O)c1ccccc1. The fraction of sp³-hybridized carbons (Fsp3) is 0.286. The highest BCUT2D eigenvalue weighted by Gasteiger charge is 2.19. The van der Waals surface area contributed by atoms with Gasteiger partial charge in [0.05, 0.1) is 10.6 Å². The van der Waals surface area contributed by atoms with Gasteiger partial charge < -0.3 is 0 Å². The lowest BCUT2D eigenvalue weighted by molar-refractivity contribution is 0.452. The first kappa shape index (κ1) is 19.3. The highest BCUT2D eigenvalue weighted by molar-refractivity contribution is 7.89. The number of rotatable bonds is 9. The molecule has 0 atom stereocenters. The Morgan fingerprint density at radius 2 is 1.59 bits per heavy atom. The van der Waals surface area contributed by atoms with Crippen molar-refractivity contribution in [2.24, 2.45) is 0 Å². The van der Waals surface area contributed by atoms with Crippen LogP contribution in [0.3, 0.4) is 0 Å². The molecule has 0 fully saturated rings. The minimum absolute atomic E-state index is 0.346. The van der Waals surface area contributed by atoms with Crippen molar-refractivity contribution in [2.75, 3.05) is 13.6 Å². The Kier molecular flexibility index (Phi) is 6.42. The van der Waals surface area contributed by atoms with Crippen LogP contribution in [0.4, 0.5) is 0 Å². The maximum atomic E-state index is 12.5. The van der Waals surface area contributed by atoms with Gasteiger partial charge in [0.25, 0.3) is 0 Å². The van der Waals surface area contributed by atoms with E-state index in [1.54, 1.807) is 31.3 Å². The van der Waals surface area contributed by atoms with Crippen LogP contribution >= 0.6 is 0 Å². The fourth-order valence-electron chi connectivity index (χ4n) is 2.97. The van der Waals surface area contributed by atoms with Crippen molar-refractivity contribution in [3.8, 4) is 11.3 Å². The summed E-state index contributed by atoms with van der Waals surface area (Å²) in [7, 11) is -1.75. The summed E-state index contributed by atoms with van der Waals surface area (Å²) in [5.74, 6) is 0. The highest BCUT2D eigenvalue weighted by Crippen LogP contribution is 2.18. The molecule has 0 unspecified atom stereocenters. The number of aromatic nitrogens is 2. The predicted octanol–water partition coefficient (Wildman–Crippen LogP) is 4.11. The van der Waals surface area contributed by atoms with Crippen LogP contribution < -0.4 is 0 Å². The second kappa shape index (κ2) is 8.97. The van der Waals surface area contributed by atoms with Crippen LogP contribution in [-0.4, -0.2) is 36.5 Å². The van der Waals surface area contributed by atoms with Crippen molar-refractivity contribution in [3.05, 3.63) is 72.4 Å². The monoisotopic (exact) mass is 383 g/mol. The third kappa shape index (κ3) is 5.05. The summed E-state index contributed by atoms with van der Waals surface area (Å²) in [6.45, 7) is 0.523. The summed E-state index contributed by atoms with van der Waals surface area (Å²) in [4.78, 5) is 0.346. The van der Waals surface area contributed by atoms with Gasteiger partial charge in [-0.25, -0.2) is 12.7 Å². The van der Waals surface area contributed by atoms with E-state index < -0.39 is 10.0 Å². The summed E-state index contributed by atoms with van der Waals surface area (Å²) in [6.07, 6.45) is 3.71. The van der Waals surface area contributed by atoms with Crippen LogP contribution in [-0.2, 0) is 16.4 Å². The highest BCUT2D eigenvalue weighted by atomic mass is 32.2. The zero-order valence-electron chi connectivity index (χ0n) is 15.5. The van der Waals surface area contributed by atoms with Gasteiger partial charge >= 0.3 is 0 Å². The second-order valence-electron chi connectivity index (χ2n) is 6.59. The van der Waals surface area contributed by atoms with Crippen molar-refractivity contribution in [1.29, 1.82) is 0 Å². The predicted molar refractivity (Wildman–Crippen MR) is 108 cm³/mol. The van der Waals surface area contributed by atoms with E-state index in [0.717, 1.165) is 42.6 Å². The van der Waals surface area contributed by atoms with Gasteiger partial charge in [0.15, 0.2) is 0 Å². The number of hydrogen-bond donors (Lipinski definition) is 1. The molecule has 0 aliphatic carbocycles. The van der Waals surface area contributed by atoms with Crippen molar-refractivity contribution in [3.63, 3.8) is 0 Å². The number of nitrogens with one attached hydrogen (secondary N) is 1. The van der Waals surface area contributed by atoms with Crippen LogP contribution in [0.25, 0.3) is 11.3 Å². The summed E-state index contributed by atoms with van der Waals surface area (Å²) in [6, 6.07) is 20.7. The lowest BCUT2D eigenvalue weighted by Crippen LogP contribution is -2.27. The number of hydrogen-bond acceptors (Lipinski definition) is 3. The molecule has 27 heavy (non-hydrogen) atoms. The minimum Gasteiger partial charge on any atom is -0.282 e. The zero-order valence-corrected chi connectivity index (χ0v) is 16.3. The molecule has 0 amide bonds. The lowest BCUT2D eigenvalue weighted by Gasteiger charge is -2.17. The van der Waals surface area contributed by atoms with Crippen LogP contribution in [0.15, 0.2) is 71.6 Å². The van der Waals surface area contributed by atoms with E-state index in [1.807, 2.05) is 36.4 Å². The molecule has 2 aromatic carbocycles. The smallest absolute Gasteiger partial charge is 0.242 e. The molecule has 3 aromatic rings. The fourth-order valence-corrected chi connectivity index (χ4v) is 4.20. The van der Waals surface area contributed by atoms with Crippen molar-refractivity contribution in [2.45, 2.75) is 30.6 Å². The molecule has 1 heterocycles. The van der Waals surface area contributed by atoms with E-state index in [9.17, 15) is 8.42 Å². The summed E-state index contributed by atoms with van der Waals surface area (Å²) < 4.78 is 26.4. The summed E-state index contributed by atoms with van der Waals surface area (Å²) in [5.41, 5.74) is 3.17. The molecule has 0 saturated heterocycles. The van der Waals surface area contributed by atoms with E-state index in [4.69, 9.17) is 0 Å². The van der Waals surface area contributed by atoms with E-state index in [-0.39, 0.29) is 0 Å². The number of H-pyrrole nitrogens is 1. The molecule has 0 radical (unpaired) electrons. The number of sulfonamides is 1. The Morgan fingerprint density at radius 3 is 2.30 bits per heavy atom. The average Bonchev–Trinajstić information content (AvgIpc) is 3.18. The molecule has 0 spiro atoms. The Morgan fingerprint density at radius 1 is 0.926 bits per heavy atom. The van der Waals surface area contributed by atoms with E-state index >= 15 is 0 Å². The molecule has 0 saturated carbocycles. The van der Waals surface area contributed by atoms with Gasteiger partial charge in [-0.05, 0) is 37.5 Å². The van der Waals surface area contributed by atoms with Crippen LogP contribution in [0.5, 0.6) is 0 Å². The largest absolute Gasteiger partial charge is 0.282 e. The average molecular weight is 384 g/mol. The third-order valence-corrected chi connectivity index (χ3v) is 6.44. The maximum absolute atomic E-state index is 12.5. The molecule has 5 nitrogen and oxygen atoms in total. The molecule has 3 rings (SSSR count). The van der Waals surface area contributed by atoms with Gasteiger partial charge in [-0.15, -0.1) is 0 Å². The number of nitrogens with zero attached hydrogens (tertiary/aromatic N) is 2. The number of unbranched alkanes of at least 4 members (excludes halogenated alkanes) is 2. The number of aromatic amines is 1. The summed E-state index contributed by atoms with van der Waals surface area (Å²) in [5, 5.41) is 7.46. The van der Waals surface area contributed by atoms with E-state index in [1.165, 1.54) is 4.31 Å². The Labute approximate surface area is 161 Å². The molecular formula is C21H25N3O2S. The molecule has 0 bridgehead atoms. The molecule has 0 aliphatic heterocycles. The number of benzene rings is 2. The van der Waals surface area contributed by atoms with Gasteiger partial charge in [-0.1, -0.05) is 55.0 Å². The van der Waals surface area contributed by atoms with Gasteiger partial charge in [0, 0.05) is 24.8 Å². The molecule has 6 heteroatoms. The Bertz CT molecular complexity index is 938. The van der Waals surface area contributed by atoms with Crippen LogP contribution in [0, 0.1) is 0 Å². The quantitative estimate of drug-likeness (QED) is 0.566. The first-order valence-corrected chi connectivity index (χ1v) is 10.6. The Hall–Kier alpha value is -2.44. The first-order chi connectivity index (χ1) is 13.1. The van der Waals surface area contributed by atoms with E-state index in [2.05, 4.69) is 16.3 Å². The van der Waals surface area contributed by atoms with Crippen molar-refractivity contribution < 1.29 is 8.42 Å². The third-order valence-electron chi connectivity index (χ3n) is 4.57. The second-order valence-corrected chi connectivity index (χ2v) is 8.64. The van der Waals surface area contributed by atoms with Crippen molar-refractivity contribution >= 4 is 10.0 Å². The standard InChI is InChI=1S/C21H25N3O2S/c1-24(27(25,26)20-14-8-3-9-15-20)16-10-4-7-13-19-17-21(23-22-19)18-11-5-2-6-12-18/h2-3,5-6,8-9,11-12,14-15,17H,4,7,10,13,16H2,1H3,(H,22,23). The van der Waals surface area contributed by atoms with Gasteiger partial charge in [-0.3, -0.25) is 5.10 Å². The van der Waals surface area contributed by atoms with Crippen LogP contribution in [0.2, 0.25) is 0 Å².